The molecule has 2 bridgehead atoms. The molecule has 0 saturated carbocycles. The van der Waals surface area contributed by atoms with Crippen LogP contribution in [0.15, 0.2) is 23.2 Å². The van der Waals surface area contributed by atoms with Gasteiger partial charge in [0.1, 0.15) is 47.0 Å². The van der Waals surface area contributed by atoms with Gasteiger partial charge in [-0.3, -0.25) is 47.4 Å². The van der Waals surface area contributed by atoms with E-state index in [1.807, 2.05) is 0 Å². The normalized spacial score (nSPS) is 28.5. The predicted molar refractivity (Wildman–Crippen MR) is 221 cm³/mol. The molecular formula is C39H53N9O15S. The van der Waals surface area contributed by atoms with E-state index in [0.717, 1.165) is 4.90 Å². The number of hydrogen-bond donors (Lipinski definition) is 13. The number of carboxylic acid groups (broad SMARTS) is 1. The van der Waals surface area contributed by atoms with E-state index >= 15 is 0 Å². The van der Waals surface area contributed by atoms with Crippen LogP contribution in [0.1, 0.15) is 45.6 Å². The van der Waals surface area contributed by atoms with Crippen LogP contribution >= 0.6 is 0 Å². The summed E-state index contributed by atoms with van der Waals surface area (Å²) in [4.78, 5) is 127. The lowest BCUT2D eigenvalue weighted by atomic mass is 9.93. The number of phenols is 1. The van der Waals surface area contributed by atoms with Gasteiger partial charge in [0, 0.05) is 36.8 Å². The molecule has 25 heteroatoms. The van der Waals surface area contributed by atoms with Crippen LogP contribution in [-0.2, 0) is 60.4 Å². The molecule has 3 aliphatic heterocycles. The first-order valence-electron chi connectivity index (χ1n) is 20.5. The first-order chi connectivity index (χ1) is 30.2. The van der Waals surface area contributed by atoms with Crippen molar-refractivity contribution < 1.29 is 72.9 Å². The minimum atomic E-state index is -2.41. The second-order valence-corrected chi connectivity index (χ2v) is 17.5. The highest BCUT2D eigenvalue weighted by atomic mass is 32.2. The monoisotopic (exact) mass is 919 g/mol. The van der Waals surface area contributed by atoms with Gasteiger partial charge in [0.15, 0.2) is 0 Å². The van der Waals surface area contributed by atoms with E-state index in [4.69, 9.17) is 0 Å². The van der Waals surface area contributed by atoms with Crippen LogP contribution < -0.4 is 37.2 Å². The number of nitrogens with one attached hydrogen (secondary N) is 8. The highest BCUT2D eigenvalue weighted by molar-refractivity contribution is 7.85. The molecule has 1 fully saturated rings. The second kappa shape index (κ2) is 21.0. The molecule has 11 atom stereocenters. The Morgan fingerprint density at radius 3 is 2.19 bits per heavy atom. The number of carboxylic acids is 1. The molecule has 2 aromatic rings. The molecule has 1 aromatic carbocycles. The summed E-state index contributed by atoms with van der Waals surface area (Å²) in [5.41, 5.74) is 0.220. The standard InChI is InChI=1S/C39H53N9O15S/c1-4-16(2)31-36(60)41-11-28(53)42-25-15-64(63)38-21(20-6-5-18(50)7-22(20)45-38)9-23(33(57)40-12-29(54)46-31)43-37(61)32(17(3)27(52)14-49)47-35(59)26-8-19(51)13-48(26)39(62)24(10-30(55)56)44-34(25)58/h5-7,16-17,19,23-27,31-32,45,49-52H,4,8-15H2,1-3H3,(H,40,57)(H,41,60)(H,42,53)(H,43,61)(H,44,58)(H,46,54)(H,47,59)(H,55,56)/t16-,17-,19+,23-,24-,25-,26-,27-,31-,32-,64+/m0/s1. The molecule has 0 radical (unpaired) electrons. The van der Waals surface area contributed by atoms with E-state index in [-0.39, 0.29) is 27.2 Å². The van der Waals surface area contributed by atoms with Crippen LogP contribution in [0.4, 0.5) is 0 Å². The summed E-state index contributed by atoms with van der Waals surface area (Å²) in [7, 11) is -2.41. The summed E-state index contributed by atoms with van der Waals surface area (Å²) in [6.07, 6.45) is -4.74. The first kappa shape index (κ1) is 48.8. The maximum Gasteiger partial charge on any atom is 0.305 e. The van der Waals surface area contributed by atoms with Crippen molar-refractivity contribution in [2.24, 2.45) is 11.8 Å². The van der Waals surface area contributed by atoms with Crippen molar-refractivity contribution >= 4 is 74.9 Å². The van der Waals surface area contributed by atoms with Gasteiger partial charge in [0.25, 0.3) is 0 Å². The topological polar surface area (TPSA) is 375 Å². The zero-order valence-electron chi connectivity index (χ0n) is 35.0. The summed E-state index contributed by atoms with van der Waals surface area (Å²) in [6.45, 7) is 1.64. The summed E-state index contributed by atoms with van der Waals surface area (Å²) >= 11 is 0. The van der Waals surface area contributed by atoms with Crippen LogP contribution in [-0.4, -0.2) is 173 Å². The number of fused-ring (bicyclic) bond motifs is 5. The first-order valence-corrected chi connectivity index (χ1v) is 21.8. The Morgan fingerprint density at radius 2 is 1.53 bits per heavy atom. The van der Waals surface area contributed by atoms with E-state index in [0.29, 0.717) is 6.42 Å². The van der Waals surface area contributed by atoms with E-state index < -0.39 is 176 Å². The molecule has 5 rings (SSSR count). The van der Waals surface area contributed by atoms with Crippen molar-refractivity contribution in [1.29, 1.82) is 0 Å². The third-order valence-corrected chi connectivity index (χ3v) is 12.9. The molecular weight excluding hydrogens is 867 g/mol. The van der Waals surface area contributed by atoms with Gasteiger partial charge >= 0.3 is 5.97 Å². The Hall–Kier alpha value is -6.18. The fourth-order valence-electron chi connectivity index (χ4n) is 7.67. The Kier molecular flexibility index (Phi) is 16.0. The molecule has 4 heterocycles. The Bertz CT molecular complexity index is 2200. The molecule has 1 saturated heterocycles. The summed E-state index contributed by atoms with van der Waals surface area (Å²) in [6, 6.07) is -6.28. The highest BCUT2D eigenvalue weighted by Crippen LogP contribution is 2.30. The molecule has 13 N–H and O–H groups in total. The number of aliphatic hydroxyl groups is 3. The molecule has 64 heavy (non-hydrogen) atoms. The number of nitrogens with zero attached hydrogens (tertiary/aromatic N) is 1. The Labute approximate surface area is 367 Å². The number of aromatic hydroxyl groups is 1. The quantitative estimate of drug-likeness (QED) is 0.123. The number of carbonyl (C=O) groups is 9. The number of benzene rings is 1. The number of aromatic nitrogens is 1. The third-order valence-electron chi connectivity index (χ3n) is 11.5. The van der Waals surface area contributed by atoms with Crippen LogP contribution in [0.2, 0.25) is 0 Å². The van der Waals surface area contributed by atoms with Gasteiger partial charge in [-0.1, -0.05) is 27.2 Å². The number of H-pyrrole nitrogens is 1. The number of rotatable bonds is 7. The number of phenolic OH excluding ortho intramolecular Hbond substituents is 1. The maximum absolute atomic E-state index is 14.5. The van der Waals surface area contributed by atoms with Crippen LogP contribution in [0, 0.1) is 11.8 Å². The van der Waals surface area contributed by atoms with Crippen LogP contribution in [0.25, 0.3) is 10.9 Å². The number of aromatic amines is 1. The van der Waals surface area contributed by atoms with E-state index in [1.54, 1.807) is 13.8 Å². The zero-order chi connectivity index (χ0) is 47.2. The summed E-state index contributed by atoms with van der Waals surface area (Å²) < 4.78 is 14.5. The predicted octanol–water partition coefficient (Wildman–Crippen LogP) is -5.32. The number of carbonyl (C=O) groups excluding carboxylic acids is 8. The van der Waals surface area contributed by atoms with Crippen molar-refractivity contribution in [1.82, 2.24) is 47.1 Å². The maximum atomic E-state index is 14.5. The highest BCUT2D eigenvalue weighted by Gasteiger charge is 2.45. The van der Waals surface area contributed by atoms with Crippen molar-refractivity contribution in [2.75, 3.05) is 32.0 Å². The second-order valence-electron chi connectivity index (χ2n) is 16.1. The molecule has 1 aromatic heterocycles. The van der Waals surface area contributed by atoms with E-state index in [9.17, 15) is 72.9 Å². The number of amides is 8. The number of aliphatic hydroxyl groups excluding tert-OH is 3. The lowest BCUT2D eigenvalue weighted by Crippen LogP contribution is -2.62. The average molecular weight is 920 g/mol. The van der Waals surface area contributed by atoms with Gasteiger partial charge < -0.3 is 72.6 Å². The number of hydrogen-bond acceptors (Lipinski definition) is 14. The summed E-state index contributed by atoms with van der Waals surface area (Å²) in [5, 5.41) is 68.3. The Balaban J connectivity index is 1.73. The van der Waals surface area contributed by atoms with Crippen LogP contribution in [0.5, 0.6) is 5.75 Å². The van der Waals surface area contributed by atoms with Gasteiger partial charge in [-0.15, -0.1) is 0 Å². The minimum Gasteiger partial charge on any atom is -0.508 e. The molecule has 8 amide bonds. The third kappa shape index (κ3) is 11.5. The van der Waals surface area contributed by atoms with Crippen molar-refractivity contribution in [2.45, 2.75) is 99.9 Å². The SMILES string of the molecule is CC[C@H](C)[C@@H]1NC(=O)CNC(=O)[C@@H]2Cc3c([nH]c4cc(O)ccc34)[S@](=O)C[C@H](NC(=O)CNC1=O)C(=O)N[C@@H](CC(=O)O)C(=O)N1C[C@H](O)C[C@H]1C(=O)N[C@@H]([C@@H](C)[C@@H](O)CO)C(=O)N2. The average Bonchev–Trinajstić information content (AvgIpc) is 3.82. The molecule has 350 valence electrons. The fourth-order valence-corrected chi connectivity index (χ4v) is 9.07. The lowest BCUT2D eigenvalue weighted by molar-refractivity contribution is -0.146. The largest absolute Gasteiger partial charge is 0.508 e. The molecule has 24 nitrogen and oxygen atoms in total. The van der Waals surface area contributed by atoms with Gasteiger partial charge in [-0.05, 0) is 23.6 Å². The van der Waals surface area contributed by atoms with Crippen LogP contribution in [0.3, 0.4) is 0 Å². The van der Waals surface area contributed by atoms with E-state index in [1.165, 1.54) is 25.1 Å². The van der Waals surface area contributed by atoms with E-state index in [2.05, 4.69) is 42.2 Å². The van der Waals surface area contributed by atoms with Gasteiger partial charge in [0.2, 0.25) is 47.3 Å². The van der Waals surface area contributed by atoms with Gasteiger partial charge in [-0.25, -0.2) is 0 Å². The fraction of sp³-hybridized carbons (Fsp3) is 0.564. The van der Waals surface area contributed by atoms with Crippen molar-refractivity contribution in [3.8, 4) is 5.75 Å². The minimum absolute atomic E-state index is 0.0635. The Morgan fingerprint density at radius 1 is 0.859 bits per heavy atom. The number of aliphatic carboxylic acids is 1. The molecule has 3 aliphatic rings. The molecule has 0 unspecified atom stereocenters. The smallest absolute Gasteiger partial charge is 0.305 e. The van der Waals surface area contributed by atoms with Gasteiger partial charge in [0.05, 0.1) is 60.4 Å². The zero-order valence-corrected chi connectivity index (χ0v) is 35.9. The molecule has 0 aliphatic carbocycles. The molecule has 0 spiro atoms. The summed E-state index contributed by atoms with van der Waals surface area (Å²) in [5.74, 6) is -12.9. The van der Waals surface area contributed by atoms with Crippen molar-refractivity contribution in [3.63, 3.8) is 0 Å². The van der Waals surface area contributed by atoms with Gasteiger partial charge in [-0.2, -0.15) is 0 Å². The van der Waals surface area contributed by atoms with Crippen molar-refractivity contribution in [3.05, 3.63) is 23.8 Å². The lowest BCUT2D eigenvalue weighted by Gasteiger charge is -2.32.